The molecule has 1 rings (SSSR count). The molecule has 0 amide bonds. The Balaban J connectivity index is 2.77. The Hall–Kier alpha value is 0.270. The first-order valence-electron chi connectivity index (χ1n) is 6.14. The Morgan fingerprint density at radius 3 is 2.53 bits per heavy atom. The van der Waals surface area contributed by atoms with E-state index in [1.807, 2.05) is 0 Å². The molecular formula is C12H26N2S. The van der Waals surface area contributed by atoms with Crippen LogP contribution in [0.25, 0.3) is 0 Å². The summed E-state index contributed by atoms with van der Waals surface area (Å²) < 4.78 is 0. The van der Waals surface area contributed by atoms with E-state index in [-0.39, 0.29) is 5.54 Å². The standard InChI is InChI=1S/C12H26N2S/c1-5-6-14(10(2)3)12(8-13)7-11(4)15-9-12/h10-11H,5-9,13H2,1-4H3. The molecule has 1 aliphatic rings. The van der Waals surface area contributed by atoms with Crippen LogP contribution in [0.4, 0.5) is 0 Å². The molecule has 0 bridgehead atoms. The SMILES string of the molecule is CCCN(C(C)C)C1(CN)CSC(C)C1. The van der Waals surface area contributed by atoms with Crippen molar-refractivity contribution < 1.29 is 0 Å². The van der Waals surface area contributed by atoms with Crippen LogP contribution in [-0.2, 0) is 0 Å². The number of nitrogens with two attached hydrogens (primary N) is 1. The van der Waals surface area contributed by atoms with Gasteiger partial charge in [-0.25, -0.2) is 0 Å². The van der Waals surface area contributed by atoms with Crippen molar-refractivity contribution in [3.8, 4) is 0 Å². The minimum absolute atomic E-state index is 0.272. The molecular weight excluding hydrogens is 204 g/mol. The zero-order chi connectivity index (χ0) is 11.5. The van der Waals surface area contributed by atoms with Gasteiger partial charge in [-0.2, -0.15) is 11.8 Å². The lowest BCUT2D eigenvalue weighted by atomic mass is 9.92. The van der Waals surface area contributed by atoms with Crippen molar-refractivity contribution in [2.45, 2.75) is 57.4 Å². The second kappa shape index (κ2) is 5.55. The van der Waals surface area contributed by atoms with Crippen LogP contribution in [-0.4, -0.2) is 40.6 Å². The van der Waals surface area contributed by atoms with E-state index in [9.17, 15) is 0 Å². The molecule has 0 aromatic heterocycles. The van der Waals surface area contributed by atoms with Gasteiger partial charge < -0.3 is 5.73 Å². The summed E-state index contributed by atoms with van der Waals surface area (Å²) in [4.78, 5) is 2.63. The zero-order valence-electron chi connectivity index (χ0n) is 10.6. The molecule has 1 fully saturated rings. The highest BCUT2D eigenvalue weighted by molar-refractivity contribution is 8.00. The molecule has 0 aromatic rings. The summed E-state index contributed by atoms with van der Waals surface area (Å²) in [7, 11) is 0. The summed E-state index contributed by atoms with van der Waals surface area (Å²) in [6.07, 6.45) is 2.48. The number of nitrogens with zero attached hydrogens (tertiary/aromatic N) is 1. The largest absolute Gasteiger partial charge is 0.329 e. The second-order valence-corrected chi connectivity index (χ2v) is 6.47. The molecule has 3 heteroatoms. The molecule has 2 N–H and O–H groups in total. The van der Waals surface area contributed by atoms with E-state index in [2.05, 4.69) is 44.4 Å². The Kier molecular flexibility index (Phi) is 4.94. The van der Waals surface area contributed by atoms with Crippen molar-refractivity contribution in [1.82, 2.24) is 4.90 Å². The minimum atomic E-state index is 0.272. The minimum Gasteiger partial charge on any atom is -0.329 e. The van der Waals surface area contributed by atoms with E-state index >= 15 is 0 Å². The average Bonchev–Trinajstić information content (AvgIpc) is 2.57. The summed E-state index contributed by atoms with van der Waals surface area (Å²) in [5.41, 5.74) is 6.32. The third-order valence-electron chi connectivity index (χ3n) is 3.38. The monoisotopic (exact) mass is 230 g/mol. The molecule has 2 atom stereocenters. The molecule has 2 unspecified atom stereocenters. The fourth-order valence-corrected chi connectivity index (χ4v) is 4.12. The van der Waals surface area contributed by atoms with Gasteiger partial charge in [0, 0.05) is 29.1 Å². The lowest BCUT2D eigenvalue weighted by Gasteiger charge is -2.43. The summed E-state index contributed by atoms with van der Waals surface area (Å²) >= 11 is 2.08. The number of thioether (sulfide) groups is 1. The Labute approximate surface area is 99.0 Å². The van der Waals surface area contributed by atoms with Crippen LogP contribution >= 0.6 is 11.8 Å². The number of rotatable bonds is 5. The molecule has 1 aliphatic heterocycles. The van der Waals surface area contributed by atoms with Crippen molar-refractivity contribution in [2.24, 2.45) is 5.73 Å². The van der Waals surface area contributed by atoms with Crippen molar-refractivity contribution >= 4 is 11.8 Å². The number of hydrogen-bond donors (Lipinski definition) is 1. The highest BCUT2D eigenvalue weighted by Gasteiger charge is 2.42. The van der Waals surface area contributed by atoms with E-state index in [1.54, 1.807) is 0 Å². The molecule has 0 radical (unpaired) electrons. The topological polar surface area (TPSA) is 29.3 Å². The van der Waals surface area contributed by atoms with Gasteiger partial charge in [-0.3, -0.25) is 4.90 Å². The lowest BCUT2D eigenvalue weighted by Crippen LogP contribution is -2.57. The molecule has 1 heterocycles. The van der Waals surface area contributed by atoms with Gasteiger partial charge in [-0.15, -0.1) is 0 Å². The van der Waals surface area contributed by atoms with Crippen LogP contribution in [0.5, 0.6) is 0 Å². The van der Waals surface area contributed by atoms with E-state index < -0.39 is 0 Å². The van der Waals surface area contributed by atoms with Gasteiger partial charge in [0.1, 0.15) is 0 Å². The summed E-state index contributed by atoms with van der Waals surface area (Å²) in [5, 5.41) is 0.770. The van der Waals surface area contributed by atoms with Crippen LogP contribution in [0.2, 0.25) is 0 Å². The average molecular weight is 230 g/mol. The first-order chi connectivity index (χ1) is 7.05. The maximum absolute atomic E-state index is 6.04. The number of hydrogen-bond acceptors (Lipinski definition) is 3. The van der Waals surface area contributed by atoms with Crippen molar-refractivity contribution in [2.75, 3.05) is 18.8 Å². The predicted octanol–water partition coefficient (Wildman–Crippen LogP) is 2.33. The zero-order valence-corrected chi connectivity index (χ0v) is 11.4. The van der Waals surface area contributed by atoms with Gasteiger partial charge in [0.25, 0.3) is 0 Å². The van der Waals surface area contributed by atoms with E-state index in [4.69, 9.17) is 5.73 Å². The normalized spacial score (nSPS) is 31.8. The van der Waals surface area contributed by atoms with Crippen LogP contribution < -0.4 is 5.73 Å². The molecule has 2 nitrogen and oxygen atoms in total. The fraction of sp³-hybridized carbons (Fsp3) is 1.00. The van der Waals surface area contributed by atoms with Crippen molar-refractivity contribution in [1.29, 1.82) is 0 Å². The Bertz CT molecular complexity index is 196. The molecule has 90 valence electrons. The summed E-state index contributed by atoms with van der Waals surface area (Å²) in [6.45, 7) is 11.2. The molecule has 15 heavy (non-hydrogen) atoms. The Morgan fingerprint density at radius 1 is 1.53 bits per heavy atom. The van der Waals surface area contributed by atoms with Crippen LogP contribution in [0, 0.1) is 0 Å². The first kappa shape index (κ1) is 13.3. The Morgan fingerprint density at radius 2 is 2.20 bits per heavy atom. The van der Waals surface area contributed by atoms with Crippen molar-refractivity contribution in [3.05, 3.63) is 0 Å². The van der Waals surface area contributed by atoms with E-state index in [0.29, 0.717) is 6.04 Å². The quantitative estimate of drug-likeness (QED) is 0.786. The van der Waals surface area contributed by atoms with Gasteiger partial charge in [0.05, 0.1) is 0 Å². The first-order valence-corrected chi connectivity index (χ1v) is 7.19. The molecule has 1 saturated heterocycles. The lowest BCUT2D eigenvalue weighted by molar-refractivity contribution is 0.0783. The maximum Gasteiger partial charge on any atom is 0.0435 e. The second-order valence-electron chi connectivity index (χ2n) is 5.04. The molecule has 0 aromatic carbocycles. The smallest absolute Gasteiger partial charge is 0.0435 e. The van der Waals surface area contributed by atoms with Gasteiger partial charge in [0.2, 0.25) is 0 Å². The molecule has 0 aliphatic carbocycles. The predicted molar refractivity (Wildman–Crippen MR) is 70.5 cm³/mol. The van der Waals surface area contributed by atoms with E-state index in [1.165, 1.54) is 25.1 Å². The van der Waals surface area contributed by atoms with Crippen molar-refractivity contribution in [3.63, 3.8) is 0 Å². The third kappa shape index (κ3) is 2.89. The maximum atomic E-state index is 6.04. The van der Waals surface area contributed by atoms with Crippen LogP contribution in [0.15, 0.2) is 0 Å². The molecule has 0 spiro atoms. The highest BCUT2D eigenvalue weighted by atomic mass is 32.2. The van der Waals surface area contributed by atoms with Gasteiger partial charge >= 0.3 is 0 Å². The highest BCUT2D eigenvalue weighted by Crippen LogP contribution is 2.38. The van der Waals surface area contributed by atoms with Gasteiger partial charge in [-0.1, -0.05) is 13.8 Å². The van der Waals surface area contributed by atoms with E-state index in [0.717, 1.165) is 11.8 Å². The third-order valence-corrected chi connectivity index (χ3v) is 4.82. The summed E-state index contributed by atoms with van der Waals surface area (Å²) in [6, 6.07) is 0.611. The van der Waals surface area contributed by atoms with Crippen LogP contribution in [0.3, 0.4) is 0 Å². The van der Waals surface area contributed by atoms with Crippen LogP contribution in [0.1, 0.15) is 40.5 Å². The van der Waals surface area contributed by atoms with Gasteiger partial charge in [-0.05, 0) is 33.2 Å². The molecule has 0 saturated carbocycles. The van der Waals surface area contributed by atoms with Gasteiger partial charge in [0.15, 0.2) is 0 Å². The fourth-order valence-electron chi connectivity index (χ4n) is 2.69. The summed E-state index contributed by atoms with van der Waals surface area (Å²) in [5.74, 6) is 1.21.